The zero-order chi connectivity index (χ0) is 17.1. The molecular weight excluding hydrogens is 316 g/mol. The second-order valence-corrected chi connectivity index (χ2v) is 5.19. The Bertz CT molecular complexity index is 876. The Morgan fingerprint density at radius 2 is 1.88 bits per heavy atom. The number of aromatic nitrogens is 2. The van der Waals surface area contributed by atoms with E-state index in [4.69, 9.17) is 4.52 Å². The Hall–Kier alpha value is -3.09. The van der Waals surface area contributed by atoms with Crippen LogP contribution in [0.15, 0.2) is 47.0 Å². The van der Waals surface area contributed by atoms with Gasteiger partial charge in [0.05, 0.1) is 6.54 Å². The zero-order valence-electron chi connectivity index (χ0n) is 12.7. The van der Waals surface area contributed by atoms with Gasteiger partial charge in [0.15, 0.2) is 11.6 Å². The van der Waals surface area contributed by atoms with E-state index < -0.39 is 17.5 Å². The summed E-state index contributed by atoms with van der Waals surface area (Å²) in [6.07, 6.45) is 0. The van der Waals surface area contributed by atoms with Crippen LogP contribution in [0, 0.1) is 18.6 Å². The molecule has 0 aliphatic heterocycles. The lowest BCUT2D eigenvalue weighted by molar-refractivity contribution is 0.0945. The Morgan fingerprint density at radius 1 is 1.12 bits per heavy atom. The Labute approximate surface area is 136 Å². The number of hydrogen-bond acceptors (Lipinski definition) is 4. The first-order chi connectivity index (χ1) is 11.5. The van der Waals surface area contributed by atoms with E-state index in [0.29, 0.717) is 5.82 Å². The van der Waals surface area contributed by atoms with E-state index in [1.165, 1.54) is 6.07 Å². The van der Waals surface area contributed by atoms with Crippen LogP contribution in [0.5, 0.6) is 0 Å². The minimum atomic E-state index is -1.08. The normalized spacial score (nSPS) is 10.6. The largest absolute Gasteiger partial charge is 0.343 e. The molecule has 0 aliphatic carbocycles. The van der Waals surface area contributed by atoms with Crippen LogP contribution in [0.4, 0.5) is 8.78 Å². The molecule has 0 unspecified atom stereocenters. The molecule has 0 saturated carbocycles. The molecule has 2 aromatic carbocycles. The summed E-state index contributed by atoms with van der Waals surface area (Å²) in [6.45, 7) is 1.95. The molecule has 7 heteroatoms. The van der Waals surface area contributed by atoms with Crippen molar-refractivity contribution in [3.05, 3.63) is 71.1 Å². The summed E-state index contributed by atoms with van der Waals surface area (Å²) in [6, 6.07) is 10.5. The van der Waals surface area contributed by atoms with Crippen molar-refractivity contribution in [3.8, 4) is 11.4 Å². The highest BCUT2D eigenvalue weighted by molar-refractivity contribution is 5.94. The van der Waals surface area contributed by atoms with Gasteiger partial charge in [-0.2, -0.15) is 4.98 Å². The monoisotopic (exact) mass is 329 g/mol. The van der Waals surface area contributed by atoms with Crippen LogP contribution in [-0.4, -0.2) is 16.0 Å². The fourth-order valence-electron chi connectivity index (χ4n) is 2.04. The predicted octanol–water partition coefficient (Wildman–Crippen LogP) is 3.25. The van der Waals surface area contributed by atoms with Gasteiger partial charge in [0, 0.05) is 11.1 Å². The third-order valence-corrected chi connectivity index (χ3v) is 3.36. The Morgan fingerprint density at radius 3 is 2.58 bits per heavy atom. The maximum Gasteiger partial charge on any atom is 0.251 e. The smallest absolute Gasteiger partial charge is 0.251 e. The first-order valence-electron chi connectivity index (χ1n) is 7.16. The fraction of sp³-hybridized carbons (Fsp3) is 0.118. The van der Waals surface area contributed by atoms with Gasteiger partial charge in [-0.1, -0.05) is 35.0 Å². The second-order valence-electron chi connectivity index (χ2n) is 5.19. The molecule has 1 N–H and O–H groups in total. The SMILES string of the molecule is Cc1ccc(-c2noc(CNC(=O)c3ccc(F)c(F)c3)n2)cc1. The number of rotatable bonds is 4. The van der Waals surface area contributed by atoms with Gasteiger partial charge in [-0.05, 0) is 25.1 Å². The first kappa shape index (κ1) is 15.8. The van der Waals surface area contributed by atoms with Crippen molar-refractivity contribution in [2.24, 2.45) is 0 Å². The van der Waals surface area contributed by atoms with E-state index >= 15 is 0 Å². The number of benzene rings is 2. The van der Waals surface area contributed by atoms with Crippen LogP contribution in [0.1, 0.15) is 21.8 Å². The topological polar surface area (TPSA) is 68.0 Å². The molecule has 0 saturated heterocycles. The van der Waals surface area contributed by atoms with Crippen molar-refractivity contribution in [3.63, 3.8) is 0 Å². The van der Waals surface area contributed by atoms with Crippen molar-refractivity contribution in [2.45, 2.75) is 13.5 Å². The lowest BCUT2D eigenvalue weighted by atomic mass is 10.1. The van der Waals surface area contributed by atoms with Gasteiger partial charge >= 0.3 is 0 Å². The van der Waals surface area contributed by atoms with Gasteiger partial charge in [0.25, 0.3) is 5.91 Å². The van der Waals surface area contributed by atoms with Crippen molar-refractivity contribution in [1.82, 2.24) is 15.5 Å². The molecule has 1 aromatic heterocycles. The summed E-state index contributed by atoms with van der Waals surface area (Å²) in [7, 11) is 0. The molecule has 3 aromatic rings. The lowest BCUT2D eigenvalue weighted by Crippen LogP contribution is -2.23. The van der Waals surface area contributed by atoms with E-state index in [1.807, 2.05) is 31.2 Å². The van der Waals surface area contributed by atoms with E-state index in [2.05, 4.69) is 15.5 Å². The van der Waals surface area contributed by atoms with Crippen molar-refractivity contribution in [1.29, 1.82) is 0 Å². The number of aryl methyl sites for hydroxylation is 1. The molecule has 0 bridgehead atoms. The first-order valence-corrected chi connectivity index (χ1v) is 7.16. The summed E-state index contributed by atoms with van der Waals surface area (Å²) >= 11 is 0. The van der Waals surface area contributed by atoms with Crippen molar-refractivity contribution >= 4 is 5.91 Å². The van der Waals surface area contributed by atoms with Gasteiger partial charge in [0.1, 0.15) is 0 Å². The fourth-order valence-corrected chi connectivity index (χ4v) is 2.04. The average molecular weight is 329 g/mol. The molecule has 1 heterocycles. The summed E-state index contributed by atoms with van der Waals surface area (Å²) < 4.78 is 31.1. The van der Waals surface area contributed by atoms with Gasteiger partial charge in [-0.3, -0.25) is 4.79 Å². The average Bonchev–Trinajstić information content (AvgIpc) is 3.05. The number of halogens is 2. The maximum absolute atomic E-state index is 13.1. The molecule has 0 atom stereocenters. The molecule has 0 radical (unpaired) electrons. The summed E-state index contributed by atoms with van der Waals surface area (Å²) in [5, 5.41) is 6.36. The van der Waals surface area contributed by atoms with Crippen LogP contribution in [0.3, 0.4) is 0 Å². The Balaban J connectivity index is 1.65. The second kappa shape index (κ2) is 6.57. The van der Waals surface area contributed by atoms with Gasteiger partial charge in [0.2, 0.25) is 11.7 Å². The lowest BCUT2D eigenvalue weighted by Gasteiger charge is -2.02. The number of amides is 1. The molecule has 24 heavy (non-hydrogen) atoms. The van der Waals surface area contributed by atoms with E-state index in [0.717, 1.165) is 23.3 Å². The molecule has 3 rings (SSSR count). The van der Waals surface area contributed by atoms with Crippen molar-refractivity contribution < 1.29 is 18.1 Å². The Kier molecular flexibility index (Phi) is 4.33. The highest BCUT2D eigenvalue weighted by Crippen LogP contribution is 2.16. The van der Waals surface area contributed by atoms with E-state index in [-0.39, 0.29) is 18.0 Å². The van der Waals surface area contributed by atoms with Gasteiger partial charge in [-0.25, -0.2) is 8.78 Å². The maximum atomic E-state index is 13.1. The van der Waals surface area contributed by atoms with E-state index in [9.17, 15) is 13.6 Å². The predicted molar refractivity (Wildman–Crippen MR) is 82.0 cm³/mol. The summed E-state index contributed by atoms with van der Waals surface area (Å²) in [5.74, 6) is -2.04. The molecule has 0 fully saturated rings. The standard InChI is InChI=1S/C17H13F2N3O2/c1-10-2-4-11(5-3-10)16-21-15(24-22-16)9-20-17(23)12-6-7-13(18)14(19)8-12/h2-8H,9H2,1H3,(H,20,23). The number of nitrogens with one attached hydrogen (secondary N) is 1. The van der Waals surface area contributed by atoms with Crippen LogP contribution in [0.2, 0.25) is 0 Å². The number of hydrogen-bond donors (Lipinski definition) is 1. The molecule has 122 valence electrons. The number of carbonyl (C=O) groups is 1. The van der Waals surface area contributed by atoms with Crippen LogP contribution < -0.4 is 5.32 Å². The summed E-state index contributed by atoms with van der Waals surface area (Å²) in [5.41, 5.74) is 1.91. The van der Waals surface area contributed by atoms with Gasteiger partial charge < -0.3 is 9.84 Å². The number of carbonyl (C=O) groups excluding carboxylic acids is 1. The summed E-state index contributed by atoms with van der Waals surface area (Å²) in [4.78, 5) is 16.1. The molecule has 0 spiro atoms. The van der Waals surface area contributed by atoms with Crippen LogP contribution >= 0.6 is 0 Å². The zero-order valence-corrected chi connectivity index (χ0v) is 12.7. The molecule has 0 aliphatic rings. The van der Waals surface area contributed by atoms with Crippen LogP contribution in [0.25, 0.3) is 11.4 Å². The van der Waals surface area contributed by atoms with Crippen molar-refractivity contribution in [2.75, 3.05) is 0 Å². The number of nitrogens with zero attached hydrogens (tertiary/aromatic N) is 2. The molecule has 5 nitrogen and oxygen atoms in total. The van der Waals surface area contributed by atoms with Crippen LogP contribution in [-0.2, 0) is 6.54 Å². The highest BCUT2D eigenvalue weighted by Gasteiger charge is 2.12. The van der Waals surface area contributed by atoms with Gasteiger partial charge in [-0.15, -0.1) is 0 Å². The molecular formula is C17H13F2N3O2. The minimum Gasteiger partial charge on any atom is -0.343 e. The third-order valence-electron chi connectivity index (χ3n) is 3.36. The highest BCUT2D eigenvalue weighted by atomic mass is 19.2. The third kappa shape index (κ3) is 3.45. The molecule has 1 amide bonds. The minimum absolute atomic E-state index is 0.00664. The van der Waals surface area contributed by atoms with E-state index in [1.54, 1.807) is 0 Å². The quantitative estimate of drug-likeness (QED) is 0.798.